The van der Waals surface area contributed by atoms with E-state index in [1.807, 2.05) is 18.2 Å². The van der Waals surface area contributed by atoms with Crippen LogP contribution in [0.1, 0.15) is 24.0 Å². The maximum Gasteiger partial charge on any atom is 0.220 e. The van der Waals surface area contributed by atoms with Crippen LogP contribution in [-0.2, 0) is 17.9 Å². The Morgan fingerprint density at radius 2 is 1.84 bits per heavy atom. The van der Waals surface area contributed by atoms with Crippen molar-refractivity contribution < 1.29 is 23.8 Å². The molecule has 0 radical (unpaired) electrons. The number of pyridine rings is 3. The van der Waals surface area contributed by atoms with Crippen LogP contribution in [0.15, 0.2) is 54.9 Å². The number of ether oxygens (including phenoxy) is 2. The molecule has 1 saturated heterocycles. The minimum absolute atomic E-state index is 0.0282. The number of nitrogens with zero attached hydrogens (tertiary/aromatic N) is 3. The van der Waals surface area contributed by atoms with Crippen molar-refractivity contribution in [3.05, 3.63) is 76.8 Å². The summed E-state index contributed by atoms with van der Waals surface area (Å²) in [6, 6.07) is 12.6. The summed E-state index contributed by atoms with van der Waals surface area (Å²) in [4.78, 5) is 24.9. The number of carbonyl (C=O) groups is 1. The van der Waals surface area contributed by atoms with E-state index in [1.165, 1.54) is 13.3 Å². The fourth-order valence-electron chi connectivity index (χ4n) is 5.15. The third-order valence-corrected chi connectivity index (χ3v) is 7.77. The normalized spacial score (nSPS) is 14.3. The molecule has 13 heteroatoms. The maximum absolute atomic E-state index is 15.3. The van der Waals surface area contributed by atoms with Gasteiger partial charge in [-0.1, -0.05) is 23.7 Å². The summed E-state index contributed by atoms with van der Waals surface area (Å²) in [5, 5.41) is 21.7. The molecule has 45 heavy (non-hydrogen) atoms. The van der Waals surface area contributed by atoms with E-state index in [1.54, 1.807) is 37.6 Å². The van der Waals surface area contributed by atoms with Gasteiger partial charge in [-0.3, -0.25) is 9.78 Å². The van der Waals surface area contributed by atoms with Crippen LogP contribution >= 0.6 is 11.6 Å². The van der Waals surface area contributed by atoms with Crippen molar-refractivity contribution in [2.24, 2.45) is 0 Å². The summed E-state index contributed by atoms with van der Waals surface area (Å²) in [6.45, 7) is 1.71. The first-order chi connectivity index (χ1) is 21.9. The van der Waals surface area contributed by atoms with Crippen LogP contribution in [0.4, 0.5) is 15.9 Å². The number of anilines is 2. The van der Waals surface area contributed by atoms with E-state index in [4.69, 9.17) is 31.2 Å². The Morgan fingerprint density at radius 1 is 1.02 bits per heavy atom. The van der Waals surface area contributed by atoms with Gasteiger partial charge in [-0.25, -0.2) is 14.4 Å². The number of hydrogen-bond donors (Lipinski definition) is 5. The number of aromatic nitrogens is 3. The minimum atomic E-state index is -0.516. The van der Waals surface area contributed by atoms with Crippen molar-refractivity contribution in [1.82, 2.24) is 30.9 Å². The lowest BCUT2D eigenvalue weighted by atomic mass is 10.0. The van der Waals surface area contributed by atoms with Crippen molar-refractivity contribution in [2.45, 2.75) is 32.0 Å². The average Bonchev–Trinajstić information content (AvgIpc) is 3.47. The molecule has 1 atom stereocenters. The van der Waals surface area contributed by atoms with Gasteiger partial charge >= 0.3 is 0 Å². The number of hydrogen-bond acceptors (Lipinski definition) is 10. The highest BCUT2D eigenvalue weighted by Gasteiger charge is 2.22. The minimum Gasteiger partial charge on any atom is -0.494 e. The lowest BCUT2D eigenvalue weighted by molar-refractivity contribution is -0.119. The second kappa shape index (κ2) is 15.1. The lowest BCUT2D eigenvalue weighted by Gasteiger charge is -2.17. The number of halogens is 2. The van der Waals surface area contributed by atoms with Gasteiger partial charge in [0, 0.05) is 73.3 Å². The van der Waals surface area contributed by atoms with Crippen LogP contribution in [0.5, 0.6) is 11.6 Å². The standard InChI is InChI=1S/C32H35ClFN7O4/c1-44-30-23(4-3-5-25(30)40-31-28(34)19(10-12-38-31)16-35-14-15-42)29-27(33)22(11-13-37-29)24-8-6-20(32(41-24)45-2)17-36-18-21-7-9-26(43)39-21/h3-6,8,10-13,21,35-36,42H,7,9,14-18H2,1-2H3,(H,38,40)(H,39,43). The summed E-state index contributed by atoms with van der Waals surface area (Å²) in [7, 11) is 3.08. The van der Waals surface area contributed by atoms with Crippen molar-refractivity contribution in [3.63, 3.8) is 0 Å². The predicted octanol–water partition coefficient (Wildman–Crippen LogP) is 4.21. The first-order valence-electron chi connectivity index (χ1n) is 14.5. The molecule has 4 heterocycles. The SMILES string of the molecule is COc1nc(-c2ccnc(-c3cccc(Nc4nccc(CNCCO)c4F)c3OC)c2Cl)ccc1CNCC1CCC(=O)N1. The monoisotopic (exact) mass is 635 g/mol. The smallest absolute Gasteiger partial charge is 0.220 e. The zero-order valence-corrected chi connectivity index (χ0v) is 25.7. The number of methoxy groups -OCH3 is 2. The number of para-hydroxylation sites is 1. The lowest BCUT2D eigenvalue weighted by Crippen LogP contribution is -2.35. The fraction of sp³-hybridized carbons (Fsp3) is 0.312. The Kier molecular flexibility index (Phi) is 10.7. The van der Waals surface area contributed by atoms with Crippen LogP contribution in [0.3, 0.4) is 0 Å². The van der Waals surface area contributed by atoms with Gasteiger partial charge in [0.15, 0.2) is 17.4 Å². The molecule has 0 spiro atoms. The summed E-state index contributed by atoms with van der Waals surface area (Å²) >= 11 is 6.97. The molecule has 0 aliphatic carbocycles. The zero-order chi connectivity index (χ0) is 31.8. The molecule has 1 aliphatic heterocycles. The van der Waals surface area contributed by atoms with Gasteiger partial charge < -0.3 is 35.8 Å². The van der Waals surface area contributed by atoms with Gasteiger partial charge in [-0.05, 0) is 36.8 Å². The van der Waals surface area contributed by atoms with Gasteiger partial charge in [0.25, 0.3) is 0 Å². The largest absolute Gasteiger partial charge is 0.494 e. The molecule has 236 valence electrons. The summed E-state index contributed by atoms with van der Waals surface area (Å²) < 4.78 is 26.6. The highest BCUT2D eigenvalue weighted by molar-refractivity contribution is 6.35. The Morgan fingerprint density at radius 3 is 2.60 bits per heavy atom. The Labute approximate surface area is 265 Å². The van der Waals surface area contributed by atoms with Crippen LogP contribution in [0, 0.1) is 5.82 Å². The summed E-state index contributed by atoms with van der Waals surface area (Å²) in [5.41, 5.74) is 4.02. The number of carbonyl (C=O) groups excluding carboxylic acids is 1. The second-order valence-corrected chi connectivity index (χ2v) is 10.7. The van der Waals surface area contributed by atoms with E-state index in [-0.39, 0.29) is 30.9 Å². The van der Waals surface area contributed by atoms with Crippen LogP contribution in [0.25, 0.3) is 22.5 Å². The van der Waals surface area contributed by atoms with Crippen molar-refractivity contribution >= 4 is 29.0 Å². The Hall–Kier alpha value is -4.36. The highest BCUT2D eigenvalue weighted by atomic mass is 35.5. The number of nitrogens with one attached hydrogen (secondary N) is 4. The second-order valence-electron chi connectivity index (χ2n) is 10.4. The molecule has 1 fully saturated rings. The Balaban J connectivity index is 1.39. The molecule has 5 N–H and O–H groups in total. The van der Waals surface area contributed by atoms with Gasteiger partial charge in [0.05, 0.1) is 42.9 Å². The molecule has 3 aromatic heterocycles. The maximum atomic E-state index is 15.3. The molecule has 0 saturated carbocycles. The quantitative estimate of drug-likeness (QED) is 0.128. The van der Waals surface area contributed by atoms with Crippen LogP contribution in [-0.4, -0.2) is 65.9 Å². The molecule has 11 nitrogen and oxygen atoms in total. The van der Waals surface area contributed by atoms with Crippen LogP contribution in [0.2, 0.25) is 5.02 Å². The first-order valence-corrected chi connectivity index (χ1v) is 14.9. The van der Waals surface area contributed by atoms with Gasteiger partial charge in [0.2, 0.25) is 11.8 Å². The fourth-order valence-corrected chi connectivity index (χ4v) is 5.46. The van der Waals surface area contributed by atoms with E-state index >= 15 is 4.39 Å². The number of aliphatic hydroxyl groups excluding tert-OH is 1. The van der Waals surface area contributed by atoms with Crippen molar-refractivity contribution in [1.29, 1.82) is 0 Å². The van der Waals surface area contributed by atoms with Gasteiger partial charge in [-0.2, -0.15) is 0 Å². The summed E-state index contributed by atoms with van der Waals surface area (Å²) in [6.07, 6.45) is 4.52. The zero-order valence-electron chi connectivity index (χ0n) is 25.0. The molecule has 5 rings (SSSR count). The number of rotatable bonds is 14. The summed E-state index contributed by atoms with van der Waals surface area (Å²) in [5.74, 6) is 0.453. The number of amides is 1. The van der Waals surface area contributed by atoms with E-state index in [0.29, 0.717) is 76.5 Å². The Bertz CT molecular complexity index is 1660. The molecule has 1 aromatic carbocycles. The van der Waals surface area contributed by atoms with Crippen molar-refractivity contribution in [2.75, 3.05) is 39.2 Å². The third kappa shape index (κ3) is 7.48. The molecule has 4 aromatic rings. The van der Waals surface area contributed by atoms with E-state index < -0.39 is 5.82 Å². The van der Waals surface area contributed by atoms with E-state index in [0.717, 1.165) is 12.0 Å². The molecule has 1 amide bonds. The predicted molar refractivity (Wildman–Crippen MR) is 170 cm³/mol. The highest BCUT2D eigenvalue weighted by Crippen LogP contribution is 2.42. The molecular weight excluding hydrogens is 601 g/mol. The van der Waals surface area contributed by atoms with E-state index in [2.05, 4.69) is 31.2 Å². The molecule has 1 unspecified atom stereocenters. The van der Waals surface area contributed by atoms with Gasteiger partial charge in [-0.15, -0.1) is 0 Å². The first kappa shape index (κ1) is 32.0. The van der Waals surface area contributed by atoms with E-state index in [9.17, 15) is 4.79 Å². The molecule has 0 bridgehead atoms. The van der Waals surface area contributed by atoms with Crippen LogP contribution < -0.4 is 30.7 Å². The molecule has 1 aliphatic rings. The average molecular weight is 636 g/mol. The topological polar surface area (TPSA) is 143 Å². The van der Waals surface area contributed by atoms with Gasteiger partial charge in [0.1, 0.15) is 0 Å². The van der Waals surface area contributed by atoms with Crippen molar-refractivity contribution in [3.8, 4) is 34.1 Å². The number of benzene rings is 1. The third-order valence-electron chi connectivity index (χ3n) is 7.39. The number of aliphatic hydroxyl groups is 1. The molecular formula is C32H35ClFN7O4.